The van der Waals surface area contributed by atoms with Gasteiger partial charge in [-0.2, -0.15) is 0 Å². The molecule has 2 heterocycles. The molecule has 1 amide bonds. The van der Waals surface area contributed by atoms with E-state index in [1.54, 1.807) is 17.0 Å². The number of thioether (sulfide) groups is 1. The molecule has 1 N–H and O–H groups in total. The van der Waals surface area contributed by atoms with Crippen molar-refractivity contribution in [1.82, 2.24) is 9.97 Å². The van der Waals surface area contributed by atoms with Crippen molar-refractivity contribution >= 4 is 40.1 Å². The van der Waals surface area contributed by atoms with Gasteiger partial charge in [0.25, 0.3) is 5.69 Å². The van der Waals surface area contributed by atoms with Gasteiger partial charge in [-0.3, -0.25) is 14.9 Å². The average Bonchev–Trinajstić information content (AvgIpc) is 3.13. The fraction of sp³-hybridized carbons (Fsp3) is 0.300. The van der Waals surface area contributed by atoms with Crippen molar-refractivity contribution in [2.45, 2.75) is 24.9 Å². The van der Waals surface area contributed by atoms with Gasteiger partial charge in [-0.15, -0.1) is 0 Å². The minimum Gasteiger partial charge on any atom is -0.494 e. The van der Waals surface area contributed by atoms with Gasteiger partial charge in [-0.25, -0.2) is 4.98 Å². The summed E-state index contributed by atoms with van der Waals surface area (Å²) in [5.41, 5.74) is 3.34. The van der Waals surface area contributed by atoms with E-state index in [1.165, 1.54) is 17.8 Å². The fourth-order valence-electron chi connectivity index (χ4n) is 3.45. The van der Waals surface area contributed by atoms with Crippen LogP contribution in [0.25, 0.3) is 11.0 Å². The van der Waals surface area contributed by atoms with Crippen LogP contribution in [0, 0.1) is 10.1 Å². The molecule has 0 spiro atoms. The molecule has 8 nitrogen and oxygen atoms in total. The Bertz CT molecular complexity index is 1080. The number of fused-ring (bicyclic) bond motifs is 2. The highest BCUT2D eigenvalue weighted by Gasteiger charge is 2.24. The lowest BCUT2D eigenvalue weighted by atomic mass is 10.0. The number of H-pyrrole nitrogens is 1. The highest BCUT2D eigenvalue weighted by molar-refractivity contribution is 7.99. The molecule has 0 aliphatic carbocycles. The molecule has 0 saturated carbocycles. The lowest BCUT2D eigenvalue weighted by molar-refractivity contribution is -0.384. The number of rotatable bonds is 6. The molecule has 0 bridgehead atoms. The summed E-state index contributed by atoms with van der Waals surface area (Å²) in [5, 5.41) is 11.7. The largest absolute Gasteiger partial charge is 0.494 e. The summed E-state index contributed by atoms with van der Waals surface area (Å²) in [6, 6.07) is 10.3. The van der Waals surface area contributed by atoms with E-state index < -0.39 is 4.92 Å². The summed E-state index contributed by atoms with van der Waals surface area (Å²) in [6.45, 7) is 3.14. The molecule has 4 rings (SSSR count). The van der Waals surface area contributed by atoms with Crippen LogP contribution in [-0.2, 0) is 11.2 Å². The number of non-ortho nitro benzene ring substituents is 1. The summed E-state index contributed by atoms with van der Waals surface area (Å²) in [4.78, 5) is 32.9. The summed E-state index contributed by atoms with van der Waals surface area (Å²) in [6.07, 6.45) is 1.52. The van der Waals surface area contributed by atoms with Crippen LogP contribution in [0.3, 0.4) is 0 Å². The maximum Gasteiger partial charge on any atom is 0.269 e. The summed E-state index contributed by atoms with van der Waals surface area (Å²) < 4.78 is 5.50. The van der Waals surface area contributed by atoms with Crippen molar-refractivity contribution < 1.29 is 14.5 Å². The number of amides is 1. The van der Waals surface area contributed by atoms with E-state index in [2.05, 4.69) is 9.97 Å². The van der Waals surface area contributed by atoms with Crippen molar-refractivity contribution in [1.29, 1.82) is 0 Å². The number of benzene rings is 2. The molecule has 9 heteroatoms. The lowest BCUT2D eigenvalue weighted by Crippen LogP contribution is -2.36. The molecule has 0 fully saturated rings. The van der Waals surface area contributed by atoms with E-state index in [4.69, 9.17) is 4.74 Å². The van der Waals surface area contributed by atoms with E-state index in [-0.39, 0.29) is 17.3 Å². The van der Waals surface area contributed by atoms with Crippen LogP contribution in [0.1, 0.15) is 18.9 Å². The summed E-state index contributed by atoms with van der Waals surface area (Å²) in [7, 11) is 0. The predicted molar refractivity (Wildman–Crippen MR) is 112 cm³/mol. The van der Waals surface area contributed by atoms with Gasteiger partial charge in [-0.05, 0) is 43.5 Å². The second-order valence-corrected chi connectivity index (χ2v) is 7.63. The maximum absolute atomic E-state index is 12.8. The Kier molecular flexibility index (Phi) is 5.39. The van der Waals surface area contributed by atoms with Crippen LogP contribution in [0.2, 0.25) is 0 Å². The molecule has 0 unspecified atom stereocenters. The third-order valence-corrected chi connectivity index (χ3v) is 5.63. The van der Waals surface area contributed by atoms with Crippen LogP contribution in [0.5, 0.6) is 5.75 Å². The van der Waals surface area contributed by atoms with E-state index in [0.29, 0.717) is 18.3 Å². The fourth-order valence-corrected chi connectivity index (χ4v) is 4.22. The first kappa shape index (κ1) is 19.3. The van der Waals surface area contributed by atoms with E-state index in [9.17, 15) is 14.9 Å². The Morgan fingerprint density at radius 3 is 3.00 bits per heavy atom. The monoisotopic (exact) mass is 412 g/mol. The Balaban J connectivity index is 1.46. The number of nitro groups is 1. The number of anilines is 1. The second-order valence-electron chi connectivity index (χ2n) is 6.66. The maximum atomic E-state index is 12.8. The number of aromatic nitrogens is 2. The van der Waals surface area contributed by atoms with Crippen LogP contribution in [-0.4, -0.2) is 39.7 Å². The quantitative estimate of drug-likeness (QED) is 0.374. The smallest absolute Gasteiger partial charge is 0.269 e. The zero-order chi connectivity index (χ0) is 20.4. The lowest BCUT2D eigenvalue weighted by Gasteiger charge is -2.29. The number of nitrogens with one attached hydrogen (secondary N) is 1. The molecule has 2 aromatic carbocycles. The molecule has 0 radical (unpaired) electrons. The van der Waals surface area contributed by atoms with Crippen LogP contribution in [0.15, 0.2) is 41.6 Å². The van der Waals surface area contributed by atoms with Gasteiger partial charge < -0.3 is 14.6 Å². The first-order chi connectivity index (χ1) is 14.0. The van der Waals surface area contributed by atoms with Crippen molar-refractivity contribution in [3.05, 3.63) is 52.1 Å². The van der Waals surface area contributed by atoms with Crippen molar-refractivity contribution in [3.8, 4) is 5.75 Å². The highest BCUT2D eigenvalue weighted by Crippen LogP contribution is 2.31. The first-order valence-corrected chi connectivity index (χ1v) is 10.4. The number of nitro benzene ring substituents is 1. The van der Waals surface area contributed by atoms with Crippen LogP contribution in [0.4, 0.5) is 11.4 Å². The Labute approximate surface area is 171 Å². The summed E-state index contributed by atoms with van der Waals surface area (Å²) in [5.74, 6) is 0.963. The average molecular weight is 412 g/mol. The number of hydrogen-bond acceptors (Lipinski definition) is 6. The molecule has 3 aromatic rings. The molecular weight excluding hydrogens is 392 g/mol. The third kappa shape index (κ3) is 4.04. The van der Waals surface area contributed by atoms with Crippen LogP contribution < -0.4 is 9.64 Å². The predicted octanol–water partition coefficient (Wildman–Crippen LogP) is 3.94. The number of nitrogens with zero attached hydrogens (tertiary/aromatic N) is 3. The number of imidazole rings is 1. The molecule has 1 aromatic heterocycles. The number of ether oxygens (including phenoxy) is 1. The number of carbonyl (C=O) groups is 1. The van der Waals surface area contributed by atoms with Crippen molar-refractivity contribution in [2.24, 2.45) is 0 Å². The minimum absolute atomic E-state index is 0.0414. The Morgan fingerprint density at radius 1 is 1.34 bits per heavy atom. The molecule has 29 heavy (non-hydrogen) atoms. The van der Waals surface area contributed by atoms with Crippen molar-refractivity contribution in [2.75, 3.05) is 23.8 Å². The van der Waals surface area contributed by atoms with Gasteiger partial charge >= 0.3 is 0 Å². The SMILES string of the molecule is CCOc1ccc2nc(SCC(=O)N3CCCc4cc([N+](=O)[O-])ccc43)[nH]c2c1. The van der Waals surface area contributed by atoms with Gasteiger partial charge in [0.15, 0.2) is 5.16 Å². The topological polar surface area (TPSA) is 101 Å². The highest BCUT2D eigenvalue weighted by atomic mass is 32.2. The molecule has 0 atom stereocenters. The number of carbonyl (C=O) groups excluding carboxylic acids is 1. The molecule has 0 saturated heterocycles. The normalized spacial score (nSPS) is 13.3. The third-order valence-electron chi connectivity index (χ3n) is 4.77. The van der Waals surface area contributed by atoms with E-state index in [0.717, 1.165) is 40.9 Å². The van der Waals surface area contributed by atoms with Crippen LogP contribution >= 0.6 is 11.8 Å². The van der Waals surface area contributed by atoms with Crippen molar-refractivity contribution in [3.63, 3.8) is 0 Å². The Morgan fingerprint density at radius 2 is 2.21 bits per heavy atom. The molecule has 150 valence electrons. The number of aromatic amines is 1. The zero-order valence-corrected chi connectivity index (χ0v) is 16.7. The van der Waals surface area contributed by atoms with Gasteiger partial charge in [0.2, 0.25) is 5.91 Å². The van der Waals surface area contributed by atoms with Gasteiger partial charge in [0.1, 0.15) is 5.75 Å². The molecule has 1 aliphatic heterocycles. The molecule has 1 aliphatic rings. The van der Waals surface area contributed by atoms with E-state index in [1.807, 2.05) is 25.1 Å². The molecular formula is C20H20N4O4S. The standard InChI is InChI=1S/C20H20N4O4S/c1-2-28-15-6-7-16-17(11-15)22-20(21-16)29-12-19(25)23-9-3-4-13-10-14(24(26)27)5-8-18(13)23/h5-8,10-11H,2-4,9,12H2,1H3,(H,21,22). The van der Waals surface area contributed by atoms with Gasteiger partial charge in [0, 0.05) is 30.4 Å². The summed E-state index contributed by atoms with van der Waals surface area (Å²) >= 11 is 1.34. The Hall–Kier alpha value is -3.07. The zero-order valence-electron chi connectivity index (χ0n) is 15.9. The minimum atomic E-state index is -0.407. The number of hydrogen-bond donors (Lipinski definition) is 1. The second kappa shape index (κ2) is 8.12. The first-order valence-electron chi connectivity index (χ1n) is 9.38. The number of aryl methyl sites for hydroxylation is 1. The van der Waals surface area contributed by atoms with Gasteiger partial charge in [-0.1, -0.05) is 11.8 Å². The van der Waals surface area contributed by atoms with E-state index >= 15 is 0 Å². The van der Waals surface area contributed by atoms with Gasteiger partial charge in [0.05, 0.1) is 28.3 Å².